The molecule has 3 aromatic carbocycles. The van der Waals surface area contributed by atoms with E-state index < -0.39 is 11.8 Å². The van der Waals surface area contributed by atoms with Gasteiger partial charge in [-0.15, -0.1) is 0 Å². The third-order valence-corrected chi connectivity index (χ3v) is 5.86. The van der Waals surface area contributed by atoms with Gasteiger partial charge in [0.1, 0.15) is 24.7 Å². The molecule has 0 aromatic heterocycles. The fourth-order valence-corrected chi connectivity index (χ4v) is 4.24. The van der Waals surface area contributed by atoms with E-state index in [4.69, 9.17) is 14.2 Å². The topological polar surface area (TPSA) is 77.1 Å². The second kappa shape index (κ2) is 8.59. The van der Waals surface area contributed by atoms with Crippen molar-refractivity contribution in [3.8, 4) is 17.2 Å². The summed E-state index contributed by atoms with van der Waals surface area (Å²) >= 11 is 0. The lowest BCUT2D eigenvalue weighted by Crippen LogP contribution is -2.32. The van der Waals surface area contributed by atoms with Crippen molar-refractivity contribution in [1.29, 1.82) is 0 Å². The monoisotopic (exact) mass is 456 g/mol. The SMILES string of the molecule is COc1cccc(NC2=C(c3ccc(C)cc3C)C(=O)N(c3ccc4c(c3)OCCO4)C2=O)c1. The molecule has 2 heterocycles. The van der Waals surface area contributed by atoms with Gasteiger partial charge in [-0.05, 0) is 49.2 Å². The molecule has 3 aromatic rings. The van der Waals surface area contributed by atoms with Crippen LogP contribution in [0.1, 0.15) is 16.7 Å². The van der Waals surface area contributed by atoms with Crippen molar-refractivity contribution in [3.05, 3.63) is 83.1 Å². The molecule has 0 spiro atoms. The largest absolute Gasteiger partial charge is 0.497 e. The van der Waals surface area contributed by atoms with Crippen LogP contribution in [-0.4, -0.2) is 32.1 Å². The Kier molecular flexibility index (Phi) is 5.45. The van der Waals surface area contributed by atoms with Gasteiger partial charge in [-0.25, -0.2) is 4.90 Å². The minimum Gasteiger partial charge on any atom is -0.497 e. The number of hydrogen-bond donors (Lipinski definition) is 1. The number of nitrogens with zero attached hydrogens (tertiary/aromatic N) is 1. The van der Waals surface area contributed by atoms with Crippen molar-refractivity contribution in [2.45, 2.75) is 13.8 Å². The highest BCUT2D eigenvalue weighted by Crippen LogP contribution is 2.39. The normalized spacial score (nSPS) is 15.1. The maximum Gasteiger partial charge on any atom is 0.282 e. The summed E-state index contributed by atoms with van der Waals surface area (Å²) in [6.07, 6.45) is 0. The quantitative estimate of drug-likeness (QED) is 0.571. The Labute approximate surface area is 197 Å². The number of fused-ring (bicyclic) bond motifs is 1. The molecule has 1 N–H and O–H groups in total. The number of imide groups is 1. The number of rotatable bonds is 5. The zero-order valence-corrected chi connectivity index (χ0v) is 19.2. The first-order chi connectivity index (χ1) is 16.5. The molecule has 0 aliphatic carbocycles. The molecule has 0 bridgehead atoms. The van der Waals surface area contributed by atoms with Crippen LogP contribution in [-0.2, 0) is 9.59 Å². The summed E-state index contributed by atoms with van der Waals surface area (Å²) < 4.78 is 16.6. The second-order valence-corrected chi connectivity index (χ2v) is 8.20. The Balaban J connectivity index is 1.61. The van der Waals surface area contributed by atoms with Crippen LogP contribution in [0.5, 0.6) is 17.2 Å². The van der Waals surface area contributed by atoms with Crippen LogP contribution in [0, 0.1) is 13.8 Å². The highest BCUT2D eigenvalue weighted by atomic mass is 16.6. The van der Waals surface area contributed by atoms with E-state index in [9.17, 15) is 9.59 Å². The lowest BCUT2D eigenvalue weighted by molar-refractivity contribution is -0.120. The first-order valence-electron chi connectivity index (χ1n) is 11.0. The van der Waals surface area contributed by atoms with Gasteiger partial charge in [0.2, 0.25) is 0 Å². The van der Waals surface area contributed by atoms with Crippen LogP contribution in [0.2, 0.25) is 0 Å². The Morgan fingerprint density at radius 3 is 2.44 bits per heavy atom. The average Bonchev–Trinajstić information content (AvgIpc) is 3.08. The van der Waals surface area contributed by atoms with Gasteiger partial charge in [0.15, 0.2) is 11.5 Å². The summed E-state index contributed by atoms with van der Waals surface area (Å²) in [5, 5.41) is 3.18. The van der Waals surface area contributed by atoms with E-state index in [0.29, 0.717) is 53.0 Å². The van der Waals surface area contributed by atoms with Crippen molar-refractivity contribution in [2.75, 3.05) is 30.5 Å². The number of anilines is 2. The van der Waals surface area contributed by atoms with Crippen LogP contribution < -0.4 is 24.4 Å². The van der Waals surface area contributed by atoms with Gasteiger partial charge in [-0.2, -0.15) is 0 Å². The van der Waals surface area contributed by atoms with Gasteiger partial charge < -0.3 is 19.5 Å². The number of benzene rings is 3. The van der Waals surface area contributed by atoms with Crippen LogP contribution in [0.4, 0.5) is 11.4 Å². The predicted octanol–water partition coefficient (Wildman–Crippen LogP) is 4.48. The van der Waals surface area contributed by atoms with E-state index in [1.165, 1.54) is 4.90 Å². The van der Waals surface area contributed by atoms with E-state index in [2.05, 4.69) is 5.32 Å². The number of carbonyl (C=O) groups excluding carboxylic acids is 2. The van der Waals surface area contributed by atoms with Gasteiger partial charge >= 0.3 is 0 Å². The van der Waals surface area contributed by atoms with Crippen molar-refractivity contribution in [1.82, 2.24) is 0 Å². The van der Waals surface area contributed by atoms with Crippen molar-refractivity contribution < 1.29 is 23.8 Å². The molecule has 2 amide bonds. The van der Waals surface area contributed by atoms with Crippen LogP contribution >= 0.6 is 0 Å². The van der Waals surface area contributed by atoms with Gasteiger partial charge in [-0.3, -0.25) is 9.59 Å². The molecule has 7 heteroatoms. The molecule has 7 nitrogen and oxygen atoms in total. The molecule has 0 unspecified atom stereocenters. The lowest BCUT2D eigenvalue weighted by atomic mass is 9.97. The standard InChI is InChI=1S/C27H24N2O5/c1-16-7-9-21(17(2)13-16)24-25(28-18-5-4-6-20(14-18)32-3)27(31)29(26(24)30)19-8-10-22-23(15-19)34-12-11-33-22/h4-10,13-15,28H,11-12H2,1-3H3. The number of hydrogen-bond acceptors (Lipinski definition) is 6. The van der Waals surface area contributed by atoms with Gasteiger partial charge in [0, 0.05) is 17.8 Å². The smallest absolute Gasteiger partial charge is 0.282 e. The highest BCUT2D eigenvalue weighted by molar-refractivity contribution is 6.46. The molecular weight excluding hydrogens is 432 g/mol. The van der Waals surface area contributed by atoms with E-state index in [0.717, 1.165) is 11.1 Å². The molecule has 172 valence electrons. The minimum absolute atomic E-state index is 0.208. The Bertz CT molecular complexity index is 1340. The minimum atomic E-state index is -0.445. The summed E-state index contributed by atoms with van der Waals surface area (Å²) in [4.78, 5) is 28.6. The molecule has 34 heavy (non-hydrogen) atoms. The van der Waals surface area contributed by atoms with E-state index in [1.807, 2.05) is 50.2 Å². The average molecular weight is 456 g/mol. The molecule has 2 aliphatic heterocycles. The zero-order valence-electron chi connectivity index (χ0n) is 19.2. The maximum absolute atomic E-state index is 13.8. The number of ether oxygens (including phenoxy) is 3. The third kappa shape index (κ3) is 3.75. The fourth-order valence-electron chi connectivity index (χ4n) is 4.24. The summed E-state index contributed by atoms with van der Waals surface area (Å²) in [6.45, 7) is 4.79. The van der Waals surface area contributed by atoms with Gasteiger partial charge in [-0.1, -0.05) is 29.8 Å². The van der Waals surface area contributed by atoms with Crippen molar-refractivity contribution in [3.63, 3.8) is 0 Å². The number of carbonyl (C=O) groups is 2. The first kappa shape index (κ1) is 21.6. The predicted molar refractivity (Wildman–Crippen MR) is 129 cm³/mol. The molecule has 5 rings (SSSR count). The lowest BCUT2D eigenvalue weighted by Gasteiger charge is -2.21. The fraction of sp³-hybridized carbons (Fsp3) is 0.185. The molecule has 0 saturated heterocycles. The maximum atomic E-state index is 13.8. The van der Waals surface area contributed by atoms with Crippen LogP contribution in [0.3, 0.4) is 0 Å². The summed E-state index contributed by atoms with van der Waals surface area (Å²) in [5.74, 6) is 0.885. The summed E-state index contributed by atoms with van der Waals surface area (Å²) in [5.41, 5.74) is 4.27. The van der Waals surface area contributed by atoms with Gasteiger partial charge in [0.05, 0.1) is 18.4 Å². The van der Waals surface area contributed by atoms with Crippen LogP contribution in [0.25, 0.3) is 5.57 Å². The Hall–Kier alpha value is -4.26. The molecule has 2 aliphatic rings. The molecular formula is C27H24N2O5. The summed E-state index contributed by atoms with van der Waals surface area (Å²) in [6, 6.07) is 18.1. The summed E-state index contributed by atoms with van der Waals surface area (Å²) in [7, 11) is 1.58. The third-order valence-electron chi connectivity index (χ3n) is 5.86. The number of aryl methyl sites for hydroxylation is 2. The van der Waals surface area contributed by atoms with E-state index >= 15 is 0 Å². The second-order valence-electron chi connectivity index (χ2n) is 8.20. The first-order valence-corrected chi connectivity index (χ1v) is 11.0. The van der Waals surface area contributed by atoms with E-state index in [-0.39, 0.29) is 5.70 Å². The number of nitrogens with one attached hydrogen (secondary N) is 1. The number of methoxy groups -OCH3 is 1. The molecule has 0 saturated carbocycles. The molecule has 0 atom stereocenters. The van der Waals surface area contributed by atoms with Crippen molar-refractivity contribution in [2.24, 2.45) is 0 Å². The zero-order chi connectivity index (χ0) is 23.8. The molecule has 0 radical (unpaired) electrons. The number of amides is 2. The molecule has 0 fully saturated rings. The van der Waals surface area contributed by atoms with E-state index in [1.54, 1.807) is 31.4 Å². The van der Waals surface area contributed by atoms with Crippen LogP contribution in [0.15, 0.2) is 66.4 Å². The Morgan fingerprint density at radius 1 is 0.882 bits per heavy atom. The Morgan fingerprint density at radius 2 is 1.68 bits per heavy atom. The van der Waals surface area contributed by atoms with Gasteiger partial charge in [0.25, 0.3) is 11.8 Å². The highest BCUT2D eigenvalue weighted by Gasteiger charge is 2.41. The van der Waals surface area contributed by atoms with Crippen molar-refractivity contribution >= 4 is 28.8 Å².